The zero-order valence-corrected chi connectivity index (χ0v) is 18.0. The van der Waals surface area contributed by atoms with Gasteiger partial charge in [0.1, 0.15) is 0 Å². The van der Waals surface area contributed by atoms with Crippen LogP contribution >= 0.6 is 0 Å². The summed E-state index contributed by atoms with van der Waals surface area (Å²) in [5, 5.41) is 0. The van der Waals surface area contributed by atoms with Crippen molar-refractivity contribution in [2.24, 2.45) is 0 Å². The van der Waals surface area contributed by atoms with Gasteiger partial charge in [-0.25, -0.2) is 4.79 Å². The van der Waals surface area contributed by atoms with Gasteiger partial charge in [0.15, 0.2) is 0 Å². The predicted molar refractivity (Wildman–Crippen MR) is 119 cm³/mol. The molecule has 2 heterocycles. The van der Waals surface area contributed by atoms with Gasteiger partial charge in [-0.2, -0.15) is 0 Å². The van der Waals surface area contributed by atoms with Gasteiger partial charge in [0.05, 0.1) is 31.4 Å². The third-order valence-electron chi connectivity index (χ3n) is 6.21. The van der Waals surface area contributed by atoms with Crippen LogP contribution in [0.3, 0.4) is 0 Å². The van der Waals surface area contributed by atoms with E-state index in [9.17, 15) is 4.79 Å². The number of carbonyl (C=O) groups excluding carboxylic acids is 1. The number of carbonyl (C=O) groups is 1. The first-order valence-corrected chi connectivity index (χ1v) is 10.3. The maximum absolute atomic E-state index is 12.3. The highest BCUT2D eigenvalue weighted by Crippen LogP contribution is 2.47. The van der Waals surface area contributed by atoms with Crippen LogP contribution in [-0.2, 0) is 4.74 Å². The molecule has 0 saturated carbocycles. The highest BCUT2D eigenvalue weighted by molar-refractivity contribution is 5.70. The summed E-state index contributed by atoms with van der Waals surface area (Å²) in [6, 6.07) is 21.6. The van der Waals surface area contributed by atoms with Crippen LogP contribution in [0.25, 0.3) is 0 Å². The number of likely N-dealkylation sites (N-methyl/N-ethyl adjacent to an activating group) is 2. The number of nitrogens with zero attached hydrogens (tertiary/aromatic N) is 3. The molecule has 5 nitrogen and oxygen atoms in total. The van der Waals surface area contributed by atoms with Crippen LogP contribution < -0.4 is 0 Å². The minimum atomic E-state index is -0.341. The van der Waals surface area contributed by atoms with Crippen LogP contribution in [0.1, 0.15) is 30.1 Å². The Morgan fingerprint density at radius 1 is 0.867 bits per heavy atom. The lowest BCUT2D eigenvalue weighted by atomic mass is 9.93. The van der Waals surface area contributed by atoms with E-state index < -0.39 is 0 Å². The summed E-state index contributed by atoms with van der Waals surface area (Å²) in [7, 11) is 5.75. The van der Waals surface area contributed by atoms with Crippen molar-refractivity contribution in [2.75, 3.05) is 21.2 Å². The largest absolute Gasteiger partial charge is 0.452 e. The summed E-state index contributed by atoms with van der Waals surface area (Å²) in [4.78, 5) is 18.7. The second-order valence-corrected chi connectivity index (χ2v) is 8.02. The number of benzene rings is 2. The van der Waals surface area contributed by atoms with Gasteiger partial charge in [0, 0.05) is 11.8 Å². The lowest BCUT2D eigenvalue weighted by Gasteiger charge is -2.33. The molecule has 0 aliphatic carbocycles. The Morgan fingerprint density at radius 2 is 1.37 bits per heavy atom. The second kappa shape index (κ2) is 8.46. The van der Waals surface area contributed by atoms with Crippen molar-refractivity contribution in [3.8, 4) is 0 Å². The third kappa shape index (κ3) is 3.55. The van der Waals surface area contributed by atoms with Crippen LogP contribution in [0.5, 0.6) is 0 Å². The zero-order valence-electron chi connectivity index (χ0n) is 18.0. The summed E-state index contributed by atoms with van der Waals surface area (Å²) in [5.41, 5.74) is 3.63. The Balaban J connectivity index is 1.76. The molecular formula is C25H29N3O2. The molecular weight excluding hydrogens is 374 g/mol. The normalized spacial score (nSPS) is 25.4. The lowest BCUT2D eigenvalue weighted by molar-refractivity contribution is 0.131. The lowest BCUT2D eigenvalue weighted by Crippen LogP contribution is -2.41. The molecule has 1 amide bonds. The molecule has 1 unspecified atom stereocenters. The Labute approximate surface area is 178 Å². The highest BCUT2D eigenvalue weighted by Gasteiger charge is 2.46. The van der Waals surface area contributed by atoms with Crippen molar-refractivity contribution in [3.63, 3.8) is 0 Å². The molecule has 30 heavy (non-hydrogen) atoms. The molecule has 0 radical (unpaired) electrons. The highest BCUT2D eigenvalue weighted by atomic mass is 16.5. The molecule has 156 valence electrons. The molecule has 3 atom stereocenters. The van der Waals surface area contributed by atoms with Crippen LogP contribution in [0, 0.1) is 0 Å². The monoisotopic (exact) mass is 403 g/mol. The second-order valence-electron chi connectivity index (χ2n) is 8.02. The quantitative estimate of drug-likeness (QED) is 0.751. The van der Waals surface area contributed by atoms with Crippen molar-refractivity contribution in [3.05, 3.63) is 95.7 Å². The van der Waals surface area contributed by atoms with Gasteiger partial charge >= 0.3 is 6.09 Å². The fourth-order valence-electron chi connectivity index (χ4n) is 4.78. The number of ether oxygens (including phenoxy) is 1. The van der Waals surface area contributed by atoms with Gasteiger partial charge in [-0.15, -0.1) is 0 Å². The molecule has 4 rings (SSSR count). The summed E-state index contributed by atoms with van der Waals surface area (Å²) in [6.07, 6.45) is 5.81. The van der Waals surface area contributed by atoms with Gasteiger partial charge in [-0.1, -0.05) is 72.8 Å². The standard InChI is InChI=1S/C25H29N3O2/c1-18-15-16-21(17-28(18)25(29)30-4)24-26(2)22(19-11-7-5-8-12-19)23(27(24)3)20-13-9-6-10-14-20/h5-18,22-24H,1-4H3/t18?,22-,23-/m0/s1. The van der Waals surface area contributed by atoms with Crippen LogP contribution in [0.4, 0.5) is 4.79 Å². The first kappa shape index (κ1) is 20.4. The van der Waals surface area contributed by atoms with Crippen molar-refractivity contribution in [1.29, 1.82) is 0 Å². The maximum Gasteiger partial charge on any atom is 0.414 e. The van der Waals surface area contributed by atoms with E-state index >= 15 is 0 Å². The molecule has 1 saturated heterocycles. The summed E-state index contributed by atoms with van der Waals surface area (Å²) in [6.45, 7) is 1.99. The Morgan fingerprint density at radius 3 is 1.83 bits per heavy atom. The first-order chi connectivity index (χ1) is 14.5. The number of amides is 1. The Hall–Kier alpha value is -2.89. The molecule has 2 aromatic rings. The van der Waals surface area contributed by atoms with Gasteiger partial charge in [-0.3, -0.25) is 14.7 Å². The van der Waals surface area contributed by atoms with E-state index in [4.69, 9.17) is 4.74 Å². The van der Waals surface area contributed by atoms with Gasteiger partial charge < -0.3 is 4.74 Å². The number of rotatable bonds is 3. The molecule has 0 aromatic heterocycles. The van der Waals surface area contributed by atoms with Crippen LogP contribution in [0.2, 0.25) is 0 Å². The fourth-order valence-corrected chi connectivity index (χ4v) is 4.78. The smallest absolute Gasteiger partial charge is 0.414 e. The average Bonchev–Trinajstić information content (AvgIpc) is 3.05. The molecule has 0 N–H and O–H groups in total. The number of hydrogen-bond acceptors (Lipinski definition) is 4. The minimum absolute atomic E-state index is 0.0244. The topological polar surface area (TPSA) is 36.0 Å². The minimum Gasteiger partial charge on any atom is -0.452 e. The first-order valence-electron chi connectivity index (χ1n) is 10.3. The molecule has 2 aliphatic heterocycles. The zero-order chi connectivity index (χ0) is 21.3. The molecule has 5 heteroatoms. The van der Waals surface area contributed by atoms with Crippen molar-refractivity contribution in [2.45, 2.75) is 31.2 Å². The van der Waals surface area contributed by atoms with E-state index in [1.807, 2.05) is 13.1 Å². The van der Waals surface area contributed by atoms with E-state index in [1.54, 1.807) is 4.90 Å². The van der Waals surface area contributed by atoms with Crippen molar-refractivity contribution in [1.82, 2.24) is 14.7 Å². The van der Waals surface area contributed by atoms with Crippen molar-refractivity contribution < 1.29 is 9.53 Å². The molecule has 2 aromatic carbocycles. The summed E-state index contributed by atoms with van der Waals surface area (Å²) in [5.74, 6) is 0. The Kier molecular flexibility index (Phi) is 5.75. The van der Waals surface area contributed by atoms with Gasteiger partial charge in [-0.05, 0) is 32.1 Å². The maximum atomic E-state index is 12.3. The fraction of sp³-hybridized carbons (Fsp3) is 0.320. The Bertz CT molecular complexity index is 890. The molecule has 1 fully saturated rings. The van der Waals surface area contributed by atoms with E-state index in [2.05, 4.69) is 96.7 Å². The van der Waals surface area contributed by atoms with Crippen LogP contribution in [0.15, 0.2) is 84.6 Å². The van der Waals surface area contributed by atoms with Crippen LogP contribution in [-0.4, -0.2) is 54.2 Å². The van der Waals surface area contributed by atoms with E-state index in [-0.39, 0.29) is 30.4 Å². The number of hydrogen-bond donors (Lipinski definition) is 0. The molecule has 2 aliphatic rings. The van der Waals surface area contributed by atoms with Crippen molar-refractivity contribution >= 4 is 6.09 Å². The van der Waals surface area contributed by atoms with E-state index in [0.29, 0.717) is 0 Å². The predicted octanol–water partition coefficient (Wildman–Crippen LogP) is 4.58. The number of methoxy groups -OCH3 is 1. The molecule has 0 spiro atoms. The average molecular weight is 404 g/mol. The van der Waals surface area contributed by atoms with Gasteiger partial charge in [0.2, 0.25) is 0 Å². The third-order valence-corrected chi connectivity index (χ3v) is 6.21. The van der Waals surface area contributed by atoms with E-state index in [1.165, 1.54) is 18.2 Å². The SMILES string of the molecule is COC(=O)N1C=C(C2N(C)[C@@H](c3ccccc3)[C@H](c3ccccc3)N2C)C=CC1C. The van der Waals surface area contributed by atoms with E-state index in [0.717, 1.165) is 5.57 Å². The van der Waals surface area contributed by atoms with Gasteiger partial charge in [0.25, 0.3) is 0 Å². The summed E-state index contributed by atoms with van der Waals surface area (Å²) < 4.78 is 4.99. The molecule has 0 bridgehead atoms. The summed E-state index contributed by atoms with van der Waals surface area (Å²) >= 11 is 0.